The summed E-state index contributed by atoms with van der Waals surface area (Å²) in [5, 5.41) is 8.79. The number of hydrogen-bond acceptors (Lipinski definition) is 5. The first kappa shape index (κ1) is 13.6. The molecule has 0 bridgehead atoms. The third-order valence-electron chi connectivity index (χ3n) is 2.09. The van der Waals surface area contributed by atoms with E-state index >= 15 is 0 Å². The van der Waals surface area contributed by atoms with Gasteiger partial charge in [-0.15, -0.1) is 0 Å². The number of ether oxygens (including phenoxy) is 1. The van der Waals surface area contributed by atoms with Gasteiger partial charge in [-0.2, -0.15) is 11.8 Å². The maximum absolute atomic E-state index is 10.8. The Morgan fingerprint density at radius 3 is 2.76 bits per heavy atom. The monoisotopic (exact) mass is 258 g/mol. The first-order valence-corrected chi connectivity index (χ1v) is 6.17. The van der Waals surface area contributed by atoms with Crippen molar-refractivity contribution in [3.8, 4) is 0 Å². The Kier molecular flexibility index (Phi) is 5.09. The van der Waals surface area contributed by atoms with E-state index in [1.165, 1.54) is 18.9 Å². The van der Waals surface area contributed by atoms with Gasteiger partial charge in [-0.3, -0.25) is 4.79 Å². The van der Waals surface area contributed by atoms with Crippen molar-refractivity contribution in [2.24, 2.45) is 0 Å². The molecular formula is C11H14O5S. The fourth-order valence-corrected chi connectivity index (χ4v) is 2.06. The molecule has 1 aromatic rings. The Labute approximate surface area is 103 Å². The summed E-state index contributed by atoms with van der Waals surface area (Å²) >= 11 is 1.50. The summed E-state index contributed by atoms with van der Waals surface area (Å²) in [5.74, 6) is 0.441. The molecule has 0 atom stereocenters. The molecule has 0 unspecified atom stereocenters. The molecule has 0 aliphatic rings. The minimum absolute atomic E-state index is 0.0198. The van der Waals surface area contributed by atoms with Crippen LogP contribution in [-0.2, 0) is 15.3 Å². The zero-order valence-corrected chi connectivity index (χ0v) is 10.5. The fraction of sp³-hybridized carbons (Fsp3) is 0.455. The van der Waals surface area contributed by atoms with Crippen molar-refractivity contribution >= 4 is 23.7 Å². The second-order valence-corrected chi connectivity index (χ2v) is 4.51. The number of hydrogen-bond donors (Lipinski definition) is 1. The van der Waals surface area contributed by atoms with E-state index in [4.69, 9.17) is 9.52 Å². The van der Waals surface area contributed by atoms with Crippen LogP contribution in [0.5, 0.6) is 0 Å². The largest absolute Gasteiger partial charge is 0.475 e. The van der Waals surface area contributed by atoms with E-state index < -0.39 is 5.97 Å². The molecule has 0 spiro atoms. The molecule has 1 aromatic heterocycles. The summed E-state index contributed by atoms with van der Waals surface area (Å²) in [5.41, 5.74) is 0.612. The molecule has 0 aliphatic heterocycles. The van der Waals surface area contributed by atoms with Crippen LogP contribution in [0.2, 0.25) is 0 Å². The highest BCUT2D eigenvalue weighted by atomic mass is 32.2. The van der Waals surface area contributed by atoms with Gasteiger partial charge in [-0.25, -0.2) is 4.79 Å². The molecule has 1 N–H and O–H groups in total. The van der Waals surface area contributed by atoms with Gasteiger partial charge in [0.2, 0.25) is 5.76 Å². The van der Waals surface area contributed by atoms with Crippen molar-refractivity contribution in [1.29, 1.82) is 0 Å². The van der Waals surface area contributed by atoms with Gasteiger partial charge < -0.3 is 14.3 Å². The van der Waals surface area contributed by atoms with Crippen LogP contribution in [-0.4, -0.2) is 29.9 Å². The molecule has 6 heteroatoms. The lowest BCUT2D eigenvalue weighted by Crippen LogP contribution is -2.01. The van der Waals surface area contributed by atoms with Gasteiger partial charge in [-0.1, -0.05) is 0 Å². The summed E-state index contributed by atoms with van der Waals surface area (Å²) in [6.07, 6.45) is 0.340. The second-order valence-electron chi connectivity index (χ2n) is 3.41. The van der Waals surface area contributed by atoms with E-state index in [-0.39, 0.29) is 11.7 Å². The van der Waals surface area contributed by atoms with Gasteiger partial charge in [-0.05, 0) is 13.0 Å². The molecule has 0 aliphatic carbocycles. The Morgan fingerprint density at radius 2 is 2.24 bits per heavy atom. The zero-order valence-electron chi connectivity index (χ0n) is 9.69. The lowest BCUT2D eigenvalue weighted by atomic mass is 10.3. The number of aromatic carboxylic acids is 1. The molecule has 5 nitrogen and oxygen atoms in total. The number of thioether (sulfide) groups is 1. The molecule has 0 saturated carbocycles. The minimum Gasteiger partial charge on any atom is -0.475 e. The van der Waals surface area contributed by atoms with Gasteiger partial charge in [0.15, 0.2) is 0 Å². The first-order valence-electron chi connectivity index (χ1n) is 5.01. The van der Waals surface area contributed by atoms with Crippen molar-refractivity contribution < 1.29 is 23.8 Å². The Balaban J connectivity index is 2.40. The van der Waals surface area contributed by atoms with Gasteiger partial charge >= 0.3 is 11.9 Å². The quantitative estimate of drug-likeness (QED) is 0.622. The average molecular weight is 258 g/mol. The maximum atomic E-state index is 10.8. The van der Waals surface area contributed by atoms with E-state index in [1.54, 1.807) is 13.0 Å². The summed E-state index contributed by atoms with van der Waals surface area (Å²) in [7, 11) is 1.35. The van der Waals surface area contributed by atoms with Crippen LogP contribution in [0.3, 0.4) is 0 Å². The number of aryl methyl sites for hydroxylation is 1. The van der Waals surface area contributed by atoms with Crippen LogP contribution in [0.25, 0.3) is 0 Å². The highest BCUT2D eigenvalue weighted by molar-refractivity contribution is 7.98. The number of esters is 1. The molecule has 0 aromatic carbocycles. The fourth-order valence-electron chi connectivity index (χ4n) is 1.26. The van der Waals surface area contributed by atoms with E-state index in [2.05, 4.69) is 4.74 Å². The van der Waals surface area contributed by atoms with Crippen molar-refractivity contribution in [1.82, 2.24) is 0 Å². The number of furan rings is 1. The van der Waals surface area contributed by atoms with E-state index in [0.29, 0.717) is 29.3 Å². The first-order chi connectivity index (χ1) is 8.04. The smallest absolute Gasteiger partial charge is 0.372 e. The second kappa shape index (κ2) is 6.34. The molecule has 1 rings (SSSR count). The Morgan fingerprint density at radius 1 is 1.53 bits per heavy atom. The standard InChI is InChI=1S/C11H14O5S/c1-7-5-8(16-10(7)11(13)14)6-17-4-3-9(12)15-2/h5H,3-4,6H2,1-2H3,(H,13,14). The van der Waals surface area contributed by atoms with Gasteiger partial charge in [0.1, 0.15) is 5.76 Å². The Bertz CT molecular complexity index is 410. The lowest BCUT2D eigenvalue weighted by molar-refractivity contribution is -0.140. The van der Waals surface area contributed by atoms with Crippen LogP contribution in [0.1, 0.15) is 28.3 Å². The van der Waals surface area contributed by atoms with Crippen LogP contribution >= 0.6 is 11.8 Å². The highest BCUT2D eigenvalue weighted by Gasteiger charge is 2.14. The number of carboxylic acids is 1. The molecule has 94 valence electrons. The van der Waals surface area contributed by atoms with Crippen molar-refractivity contribution in [2.45, 2.75) is 19.1 Å². The minimum atomic E-state index is -1.06. The maximum Gasteiger partial charge on any atom is 0.372 e. The van der Waals surface area contributed by atoms with Crippen LogP contribution < -0.4 is 0 Å². The molecular weight excluding hydrogens is 244 g/mol. The van der Waals surface area contributed by atoms with Crippen LogP contribution in [0.4, 0.5) is 0 Å². The van der Waals surface area contributed by atoms with E-state index in [9.17, 15) is 9.59 Å². The predicted molar refractivity (Wildman–Crippen MR) is 63.2 cm³/mol. The van der Waals surface area contributed by atoms with Gasteiger partial charge in [0, 0.05) is 11.3 Å². The average Bonchev–Trinajstić information content (AvgIpc) is 2.65. The van der Waals surface area contributed by atoms with Crippen molar-refractivity contribution in [3.05, 3.63) is 23.2 Å². The molecule has 0 radical (unpaired) electrons. The highest BCUT2D eigenvalue weighted by Crippen LogP contribution is 2.20. The van der Waals surface area contributed by atoms with Gasteiger partial charge in [0.05, 0.1) is 19.3 Å². The van der Waals surface area contributed by atoms with Gasteiger partial charge in [0.25, 0.3) is 0 Å². The third-order valence-corrected chi connectivity index (χ3v) is 3.07. The molecule has 0 amide bonds. The summed E-state index contributed by atoms with van der Waals surface area (Å²) in [6.45, 7) is 1.69. The SMILES string of the molecule is COC(=O)CCSCc1cc(C)c(C(=O)O)o1. The zero-order chi connectivity index (χ0) is 12.8. The number of carbonyl (C=O) groups is 2. The third kappa shape index (κ3) is 4.14. The van der Waals surface area contributed by atoms with Crippen molar-refractivity contribution in [3.63, 3.8) is 0 Å². The van der Waals surface area contributed by atoms with Crippen LogP contribution in [0.15, 0.2) is 10.5 Å². The Hall–Kier alpha value is -1.43. The normalized spacial score (nSPS) is 10.2. The number of rotatable bonds is 6. The summed E-state index contributed by atoms with van der Waals surface area (Å²) in [6, 6.07) is 1.70. The molecule has 0 fully saturated rings. The topological polar surface area (TPSA) is 76.7 Å². The predicted octanol–water partition coefficient (Wildman–Crippen LogP) is 2.08. The molecule has 0 saturated heterocycles. The molecule has 1 heterocycles. The summed E-state index contributed by atoms with van der Waals surface area (Å²) in [4.78, 5) is 21.6. The van der Waals surface area contributed by atoms with E-state index in [0.717, 1.165) is 0 Å². The molecule has 17 heavy (non-hydrogen) atoms. The van der Waals surface area contributed by atoms with Crippen molar-refractivity contribution in [2.75, 3.05) is 12.9 Å². The van der Waals surface area contributed by atoms with Crippen LogP contribution in [0, 0.1) is 6.92 Å². The van der Waals surface area contributed by atoms with E-state index in [1.807, 2.05) is 0 Å². The summed E-state index contributed by atoms with van der Waals surface area (Å²) < 4.78 is 9.68. The number of methoxy groups -OCH3 is 1. The lowest BCUT2D eigenvalue weighted by Gasteiger charge is -1.98. The number of carboxylic acid groups (broad SMARTS) is 1. The number of carbonyl (C=O) groups excluding carboxylic acids is 1.